The van der Waals surface area contributed by atoms with Gasteiger partial charge in [0.25, 0.3) is 0 Å². The lowest BCUT2D eigenvalue weighted by atomic mass is 9.91. The van der Waals surface area contributed by atoms with Crippen LogP contribution in [-0.4, -0.2) is 24.3 Å². The summed E-state index contributed by atoms with van der Waals surface area (Å²) in [5, 5.41) is 0. The molecule has 0 aliphatic rings. The Morgan fingerprint density at radius 3 is 2.11 bits per heavy atom. The van der Waals surface area contributed by atoms with E-state index in [9.17, 15) is 9.59 Å². The van der Waals surface area contributed by atoms with Crippen molar-refractivity contribution in [3.05, 3.63) is 34.4 Å². The summed E-state index contributed by atoms with van der Waals surface area (Å²) < 4.78 is 0. The molecule has 0 unspecified atom stereocenters. The van der Waals surface area contributed by atoms with Gasteiger partial charge in [-0.05, 0) is 44.0 Å². The van der Waals surface area contributed by atoms with Gasteiger partial charge in [0.2, 0.25) is 11.6 Å². The van der Waals surface area contributed by atoms with Crippen LogP contribution in [0, 0.1) is 6.92 Å². The molecule has 0 saturated carbocycles. The first-order valence-electron chi connectivity index (χ1n) is 6.69. The zero-order valence-electron chi connectivity index (χ0n) is 12.1. The van der Waals surface area contributed by atoms with E-state index in [4.69, 9.17) is 0 Å². The van der Waals surface area contributed by atoms with Gasteiger partial charge >= 0.3 is 0 Å². The zero-order chi connectivity index (χ0) is 14.4. The quantitative estimate of drug-likeness (QED) is 0.448. The van der Waals surface area contributed by atoms with E-state index in [1.807, 2.05) is 32.9 Å². The van der Waals surface area contributed by atoms with E-state index in [1.54, 1.807) is 13.1 Å². The monoisotopic (exact) mass is 259 g/mol. The van der Waals surface area contributed by atoms with Crippen LogP contribution in [0.4, 0.5) is 0 Å². The highest BCUT2D eigenvalue weighted by Crippen LogP contribution is 2.20. The first-order chi connectivity index (χ1) is 9.04. The highest BCUT2D eigenvalue weighted by Gasteiger charge is 2.21. The number of Topliss-reactive ketones (excluding diaryl/α,β-unsaturated/α-hetero) is 2. The standard InChI is InChI=1S/C16H21NO2/c1-5-12-8-11(4)9-13(6-2)15(12)16(19)14(18)10-17-7-3/h7-9H,5-6,10H2,1-4H3. The van der Waals surface area contributed by atoms with Crippen LogP contribution in [0.25, 0.3) is 0 Å². The Morgan fingerprint density at radius 2 is 1.68 bits per heavy atom. The fourth-order valence-electron chi connectivity index (χ4n) is 2.18. The van der Waals surface area contributed by atoms with Crippen molar-refractivity contribution in [3.8, 4) is 0 Å². The molecule has 102 valence electrons. The second kappa shape index (κ2) is 6.98. The fourth-order valence-corrected chi connectivity index (χ4v) is 2.18. The molecule has 0 N–H and O–H groups in total. The molecule has 0 amide bonds. The van der Waals surface area contributed by atoms with Crippen molar-refractivity contribution in [2.45, 2.75) is 40.5 Å². The number of hydrogen-bond acceptors (Lipinski definition) is 3. The van der Waals surface area contributed by atoms with Crippen LogP contribution in [0.5, 0.6) is 0 Å². The number of hydrogen-bond donors (Lipinski definition) is 0. The molecule has 0 aromatic heterocycles. The summed E-state index contributed by atoms with van der Waals surface area (Å²) in [6.45, 7) is 7.68. The van der Waals surface area contributed by atoms with Crippen molar-refractivity contribution in [1.29, 1.82) is 0 Å². The number of aliphatic imine (C=N–C) groups is 1. The molecule has 0 atom stereocenters. The number of nitrogens with zero attached hydrogens (tertiary/aromatic N) is 1. The predicted octanol–water partition coefficient (Wildman–Crippen LogP) is 2.96. The highest BCUT2D eigenvalue weighted by atomic mass is 16.2. The first-order valence-corrected chi connectivity index (χ1v) is 6.69. The zero-order valence-corrected chi connectivity index (χ0v) is 12.1. The molecule has 0 radical (unpaired) electrons. The van der Waals surface area contributed by atoms with Crippen molar-refractivity contribution in [2.24, 2.45) is 4.99 Å². The van der Waals surface area contributed by atoms with E-state index in [0.29, 0.717) is 5.56 Å². The smallest absolute Gasteiger partial charge is 0.231 e. The molecule has 1 rings (SSSR count). The lowest BCUT2D eigenvalue weighted by molar-refractivity contribution is -0.113. The summed E-state index contributed by atoms with van der Waals surface area (Å²) in [7, 11) is 0. The SMILES string of the molecule is CC=NCC(=O)C(=O)c1c(CC)cc(C)cc1CC. The topological polar surface area (TPSA) is 46.5 Å². The number of rotatable bonds is 6. The minimum atomic E-state index is -0.439. The average Bonchev–Trinajstić information content (AvgIpc) is 2.42. The Bertz CT molecular complexity index is 490. The summed E-state index contributed by atoms with van der Waals surface area (Å²) in [6, 6.07) is 3.98. The molecule has 3 heteroatoms. The molecule has 0 spiro atoms. The van der Waals surface area contributed by atoms with Gasteiger partial charge in [-0.15, -0.1) is 0 Å². The van der Waals surface area contributed by atoms with E-state index < -0.39 is 11.6 Å². The first kappa shape index (κ1) is 15.3. The Morgan fingerprint density at radius 1 is 1.16 bits per heavy atom. The molecule has 0 aliphatic heterocycles. The number of ketones is 2. The van der Waals surface area contributed by atoms with Crippen LogP contribution in [0.2, 0.25) is 0 Å². The van der Waals surface area contributed by atoms with E-state index in [-0.39, 0.29) is 6.54 Å². The minimum Gasteiger partial charge on any atom is -0.289 e. The molecule has 1 aromatic rings. The number of carbonyl (C=O) groups excluding carboxylic acids is 2. The Labute approximate surface area is 114 Å². The maximum atomic E-state index is 12.3. The van der Waals surface area contributed by atoms with Gasteiger partial charge in [0, 0.05) is 5.56 Å². The van der Waals surface area contributed by atoms with E-state index in [0.717, 1.165) is 29.5 Å². The molecular formula is C16H21NO2. The van der Waals surface area contributed by atoms with Crippen LogP contribution in [0.15, 0.2) is 17.1 Å². The second-order valence-electron chi connectivity index (χ2n) is 4.52. The van der Waals surface area contributed by atoms with Gasteiger partial charge in [-0.1, -0.05) is 31.5 Å². The molecular weight excluding hydrogens is 238 g/mol. The van der Waals surface area contributed by atoms with Gasteiger partial charge in [-0.25, -0.2) is 0 Å². The Balaban J connectivity index is 3.24. The van der Waals surface area contributed by atoms with Crippen molar-refractivity contribution in [2.75, 3.05) is 6.54 Å². The molecule has 0 aliphatic carbocycles. The molecule has 19 heavy (non-hydrogen) atoms. The number of aryl methyl sites for hydroxylation is 3. The normalized spacial score (nSPS) is 10.9. The minimum absolute atomic E-state index is 0.0600. The second-order valence-corrected chi connectivity index (χ2v) is 4.52. The van der Waals surface area contributed by atoms with Gasteiger partial charge in [0.15, 0.2) is 0 Å². The van der Waals surface area contributed by atoms with Gasteiger partial charge in [0.1, 0.15) is 6.54 Å². The van der Waals surface area contributed by atoms with Crippen molar-refractivity contribution >= 4 is 17.8 Å². The van der Waals surface area contributed by atoms with E-state index in [1.165, 1.54) is 0 Å². The summed E-state index contributed by atoms with van der Waals surface area (Å²) in [5.41, 5.74) is 3.63. The molecule has 0 heterocycles. The fraction of sp³-hybridized carbons (Fsp3) is 0.438. The van der Waals surface area contributed by atoms with Crippen LogP contribution in [0.3, 0.4) is 0 Å². The summed E-state index contributed by atoms with van der Waals surface area (Å²) in [5.74, 6) is -0.842. The lowest BCUT2D eigenvalue weighted by Crippen LogP contribution is -2.20. The maximum Gasteiger partial charge on any atom is 0.231 e. The molecule has 3 nitrogen and oxygen atoms in total. The third-order valence-corrected chi connectivity index (χ3v) is 3.11. The van der Waals surface area contributed by atoms with Gasteiger partial charge < -0.3 is 0 Å². The van der Waals surface area contributed by atoms with Gasteiger partial charge in [-0.3, -0.25) is 14.6 Å². The van der Waals surface area contributed by atoms with Crippen LogP contribution in [0.1, 0.15) is 47.8 Å². The summed E-state index contributed by atoms with van der Waals surface area (Å²) >= 11 is 0. The van der Waals surface area contributed by atoms with Gasteiger partial charge in [0.05, 0.1) is 0 Å². The highest BCUT2D eigenvalue weighted by molar-refractivity contribution is 6.45. The van der Waals surface area contributed by atoms with Crippen LogP contribution < -0.4 is 0 Å². The number of carbonyl (C=O) groups is 2. The molecule has 0 saturated heterocycles. The van der Waals surface area contributed by atoms with E-state index >= 15 is 0 Å². The van der Waals surface area contributed by atoms with Gasteiger partial charge in [-0.2, -0.15) is 0 Å². The summed E-state index contributed by atoms with van der Waals surface area (Å²) in [4.78, 5) is 28.0. The molecule has 0 fully saturated rings. The Kier molecular flexibility index (Phi) is 5.61. The maximum absolute atomic E-state index is 12.3. The lowest BCUT2D eigenvalue weighted by Gasteiger charge is -2.12. The van der Waals surface area contributed by atoms with Crippen LogP contribution in [-0.2, 0) is 17.6 Å². The number of benzene rings is 1. The summed E-state index contributed by atoms with van der Waals surface area (Å²) in [6.07, 6.45) is 3.04. The van der Waals surface area contributed by atoms with Crippen molar-refractivity contribution < 1.29 is 9.59 Å². The third kappa shape index (κ3) is 3.60. The van der Waals surface area contributed by atoms with Crippen molar-refractivity contribution in [3.63, 3.8) is 0 Å². The molecule has 1 aromatic carbocycles. The predicted molar refractivity (Wildman–Crippen MR) is 78.3 cm³/mol. The average molecular weight is 259 g/mol. The molecule has 0 bridgehead atoms. The van der Waals surface area contributed by atoms with Crippen LogP contribution >= 0.6 is 0 Å². The largest absolute Gasteiger partial charge is 0.289 e. The van der Waals surface area contributed by atoms with Crippen molar-refractivity contribution in [1.82, 2.24) is 0 Å². The van der Waals surface area contributed by atoms with E-state index in [2.05, 4.69) is 4.99 Å². The Hall–Kier alpha value is -1.77. The third-order valence-electron chi connectivity index (χ3n) is 3.11.